The number of benzene rings is 2. The number of carbonyl (C=O) groups is 3. The number of nitrogens with zero attached hydrogens (tertiary/aromatic N) is 3. The van der Waals surface area contributed by atoms with Crippen molar-refractivity contribution in [2.24, 2.45) is 11.8 Å². The van der Waals surface area contributed by atoms with E-state index in [4.69, 9.17) is 4.74 Å². The molecule has 1 aliphatic carbocycles. The van der Waals surface area contributed by atoms with Gasteiger partial charge in [0.05, 0.1) is 42.9 Å². The van der Waals surface area contributed by atoms with E-state index < -0.39 is 18.1 Å². The summed E-state index contributed by atoms with van der Waals surface area (Å²) in [6.07, 6.45) is 8.14. The molecule has 4 atom stereocenters. The number of nitrogens with one attached hydrogen (secondary N) is 3. The lowest BCUT2D eigenvalue weighted by atomic mass is 9.79. The van der Waals surface area contributed by atoms with Crippen LogP contribution in [0, 0.1) is 11.8 Å². The van der Waals surface area contributed by atoms with Crippen LogP contribution in [0.1, 0.15) is 76.0 Å². The highest BCUT2D eigenvalue weighted by atomic mass is 16.5. The summed E-state index contributed by atoms with van der Waals surface area (Å²) >= 11 is 0. The van der Waals surface area contributed by atoms with Gasteiger partial charge in [-0.3, -0.25) is 9.59 Å². The van der Waals surface area contributed by atoms with Gasteiger partial charge in [0.15, 0.2) is 0 Å². The molecule has 1 saturated carbocycles. The van der Waals surface area contributed by atoms with E-state index in [0.29, 0.717) is 13.0 Å². The third kappa shape index (κ3) is 6.79. The van der Waals surface area contributed by atoms with Gasteiger partial charge in [-0.05, 0) is 53.9 Å². The molecule has 11 heteroatoms. The zero-order valence-corrected chi connectivity index (χ0v) is 27.0. The summed E-state index contributed by atoms with van der Waals surface area (Å²) in [5.74, 6) is 0.0577. The van der Waals surface area contributed by atoms with Gasteiger partial charge in [-0.2, -0.15) is 0 Å². The van der Waals surface area contributed by atoms with E-state index in [9.17, 15) is 19.5 Å². The van der Waals surface area contributed by atoms with E-state index in [1.165, 1.54) is 7.11 Å². The molecule has 1 aliphatic heterocycles. The normalized spacial score (nSPS) is 20.3. The number of carboxylic acid groups (broad SMARTS) is 1. The summed E-state index contributed by atoms with van der Waals surface area (Å²) in [7, 11) is 1.29. The molecule has 0 radical (unpaired) electrons. The lowest BCUT2D eigenvalue weighted by Crippen LogP contribution is -2.51. The number of aromatic nitrogens is 4. The fraction of sp³-hybridized carbons (Fsp3) is 0.417. The highest BCUT2D eigenvalue weighted by Gasteiger charge is 2.37. The number of rotatable bonds is 9. The number of amides is 2. The lowest BCUT2D eigenvalue weighted by molar-refractivity contribution is -0.143. The van der Waals surface area contributed by atoms with Crippen LogP contribution >= 0.6 is 0 Å². The van der Waals surface area contributed by atoms with Crippen LogP contribution in [0.3, 0.4) is 0 Å². The molecular formula is C36H42N6O5. The minimum Gasteiger partial charge on any atom is -0.481 e. The monoisotopic (exact) mass is 638 g/mol. The molecule has 4 aromatic rings. The fourth-order valence-electron chi connectivity index (χ4n) is 6.96. The molecule has 0 bridgehead atoms. The van der Waals surface area contributed by atoms with E-state index in [1.54, 1.807) is 12.4 Å². The molecule has 47 heavy (non-hydrogen) atoms. The molecule has 2 aliphatic rings. The predicted molar refractivity (Wildman–Crippen MR) is 177 cm³/mol. The number of aliphatic carboxylic acids is 1. The number of carboxylic acids is 1. The first kappa shape index (κ1) is 32.0. The van der Waals surface area contributed by atoms with Gasteiger partial charge in [0, 0.05) is 12.5 Å². The maximum atomic E-state index is 13.5. The molecule has 2 aromatic carbocycles. The molecule has 1 unspecified atom stereocenters. The summed E-state index contributed by atoms with van der Waals surface area (Å²) in [6, 6.07) is 15.6. The van der Waals surface area contributed by atoms with E-state index in [2.05, 4.69) is 73.8 Å². The van der Waals surface area contributed by atoms with E-state index >= 15 is 0 Å². The third-order valence-corrected chi connectivity index (χ3v) is 9.59. The number of imidazole rings is 2. The van der Waals surface area contributed by atoms with Gasteiger partial charge < -0.3 is 30.0 Å². The van der Waals surface area contributed by atoms with E-state index in [-0.39, 0.29) is 29.7 Å². The van der Waals surface area contributed by atoms with Crippen LogP contribution in [0.2, 0.25) is 0 Å². The van der Waals surface area contributed by atoms with Crippen molar-refractivity contribution in [3.63, 3.8) is 0 Å². The average Bonchev–Trinajstić information content (AvgIpc) is 3.88. The molecule has 246 valence electrons. The Labute approximate surface area is 274 Å². The Kier molecular flexibility index (Phi) is 9.42. The second-order valence-electron chi connectivity index (χ2n) is 12.9. The number of hydrogen-bond acceptors (Lipinski definition) is 6. The number of alkyl carbamates (subject to hydrolysis) is 1. The maximum absolute atomic E-state index is 13.5. The van der Waals surface area contributed by atoms with Crippen LogP contribution in [0.25, 0.3) is 33.6 Å². The molecule has 3 heterocycles. The fourth-order valence-corrected chi connectivity index (χ4v) is 6.96. The van der Waals surface area contributed by atoms with Crippen LogP contribution in [0.15, 0.2) is 60.9 Å². The van der Waals surface area contributed by atoms with Crippen molar-refractivity contribution in [2.45, 2.75) is 70.4 Å². The van der Waals surface area contributed by atoms with Crippen LogP contribution in [0.4, 0.5) is 4.79 Å². The van der Waals surface area contributed by atoms with Crippen molar-refractivity contribution in [1.82, 2.24) is 30.2 Å². The second kappa shape index (κ2) is 13.8. The number of likely N-dealkylation sites (tertiary alicyclic amines) is 1. The van der Waals surface area contributed by atoms with Crippen LogP contribution in [-0.2, 0) is 14.3 Å². The van der Waals surface area contributed by atoms with Crippen molar-refractivity contribution < 1.29 is 24.2 Å². The summed E-state index contributed by atoms with van der Waals surface area (Å²) in [5.41, 5.74) is 5.88. The summed E-state index contributed by atoms with van der Waals surface area (Å²) in [4.78, 5) is 55.0. The lowest BCUT2D eigenvalue weighted by Gasteiger charge is -2.30. The number of methoxy groups -OCH3 is 1. The van der Waals surface area contributed by atoms with Gasteiger partial charge in [-0.25, -0.2) is 14.8 Å². The first-order valence-corrected chi connectivity index (χ1v) is 16.4. The molecule has 6 rings (SSSR count). The standard InChI is InChI=1S/C36H42N6O5/c1-21(2)31(41-36(46)47-3)34(43)42-18-6-9-30(42)33-38-20-29(40-33)25-16-12-23(13-17-25)22-10-14-24(15-11-22)28-19-37-32(39-28)26-7-4-5-8-27(26)35(44)45/h10-17,19-21,26-27,30-31H,4-9,18H2,1-3H3,(H,37,39)(H,38,40)(H,41,46)(H,44,45)/t26?,27-,30-,31-/m0/s1. The van der Waals surface area contributed by atoms with Crippen molar-refractivity contribution in [1.29, 1.82) is 0 Å². The topological polar surface area (TPSA) is 153 Å². The first-order valence-electron chi connectivity index (χ1n) is 16.4. The number of H-pyrrole nitrogens is 2. The average molecular weight is 639 g/mol. The molecule has 2 fully saturated rings. The molecular weight excluding hydrogens is 596 g/mol. The van der Waals surface area contributed by atoms with Gasteiger partial charge in [-0.15, -0.1) is 0 Å². The van der Waals surface area contributed by atoms with Gasteiger partial charge in [0.1, 0.15) is 17.7 Å². The Balaban J connectivity index is 1.12. The minimum atomic E-state index is -0.741. The smallest absolute Gasteiger partial charge is 0.407 e. The molecule has 11 nitrogen and oxygen atoms in total. The Morgan fingerprint density at radius 3 is 1.96 bits per heavy atom. The van der Waals surface area contributed by atoms with Crippen molar-refractivity contribution >= 4 is 18.0 Å². The van der Waals surface area contributed by atoms with Crippen LogP contribution < -0.4 is 5.32 Å². The van der Waals surface area contributed by atoms with Gasteiger partial charge in [0.25, 0.3) is 0 Å². The Morgan fingerprint density at radius 2 is 1.38 bits per heavy atom. The first-order chi connectivity index (χ1) is 22.7. The number of ether oxygens (including phenoxy) is 1. The highest BCUT2D eigenvalue weighted by Crippen LogP contribution is 2.38. The van der Waals surface area contributed by atoms with E-state index in [1.807, 2.05) is 18.7 Å². The Morgan fingerprint density at radius 1 is 0.830 bits per heavy atom. The summed E-state index contributed by atoms with van der Waals surface area (Å²) < 4.78 is 4.74. The SMILES string of the molecule is COC(=O)N[C@H](C(=O)N1CCC[C@H]1c1ncc(-c2ccc(-c3ccc(-c4cnc(C5CCCC[C@@H]5C(=O)O)[nH]4)cc3)cc2)[nH]1)C(C)C. The summed E-state index contributed by atoms with van der Waals surface area (Å²) in [5, 5.41) is 12.4. The van der Waals surface area contributed by atoms with Gasteiger partial charge in [0.2, 0.25) is 5.91 Å². The number of hydrogen-bond donors (Lipinski definition) is 4. The largest absolute Gasteiger partial charge is 0.481 e. The molecule has 2 aromatic heterocycles. The predicted octanol–water partition coefficient (Wildman–Crippen LogP) is 6.54. The van der Waals surface area contributed by atoms with Gasteiger partial charge >= 0.3 is 12.1 Å². The molecule has 1 saturated heterocycles. The second-order valence-corrected chi connectivity index (χ2v) is 12.9. The number of aromatic amines is 2. The Hall–Kier alpha value is -4.93. The minimum absolute atomic E-state index is 0.0779. The maximum Gasteiger partial charge on any atom is 0.407 e. The van der Waals surface area contributed by atoms with E-state index in [0.717, 1.165) is 77.4 Å². The number of carbonyl (C=O) groups excluding carboxylic acids is 2. The Bertz CT molecular complexity index is 1710. The quantitative estimate of drug-likeness (QED) is 0.162. The zero-order valence-electron chi connectivity index (χ0n) is 27.0. The van der Waals surface area contributed by atoms with Crippen molar-refractivity contribution in [3.8, 4) is 33.6 Å². The molecule has 4 N–H and O–H groups in total. The summed E-state index contributed by atoms with van der Waals surface area (Å²) in [6.45, 7) is 4.41. The van der Waals surface area contributed by atoms with Gasteiger partial charge in [-0.1, -0.05) is 75.2 Å². The van der Waals surface area contributed by atoms with Crippen molar-refractivity contribution in [2.75, 3.05) is 13.7 Å². The van der Waals surface area contributed by atoms with Crippen molar-refractivity contribution in [3.05, 3.63) is 72.6 Å². The highest BCUT2D eigenvalue weighted by molar-refractivity contribution is 5.86. The molecule has 0 spiro atoms. The molecule has 2 amide bonds. The third-order valence-electron chi connectivity index (χ3n) is 9.59. The van der Waals surface area contributed by atoms with Crippen LogP contribution in [-0.4, -0.2) is 67.6 Å². The van der Waals surface area contributed by atoms with Crippen LogP contribution in [0.5, 0.6) is 0 Å². The zero-order chi connectivity index (χ0) is 33.1.